The molecule has 0 bridgehead atoms. The number of anilines is 2. The summed E-state index contributed by atoms with van der Waals surface area (Å²) in [5.41, 5.74) is 3.58. The number of aromatic nitrogens is 2. The second-order valence-corrected chi connectivity index (χ2v) is 5.32. The Bertz CT molecular complexity index is 524. The van der Waals surface area contributed by atoms with E-state index in [9.17, 15) is 0 Å². The van der Waals surface area contributed by atoms with Gasteiger partial charge in [0.25, 0.3) is 0 Å². The summed E-state index contributed by atoms with van der Waals surface area (Å²) in [4.78, 5) is 10.2. The number of thiophene rings is 1. The molecule has 0 aliphatic rings. The van der Waals surface area contributed by atoms with Crippen molar-refractivity contribution in [3.05, 3.63) is 33.8 Å². The summed E-state index contributed by atoms with van der Waals surface area (Å²) >= 11 is 1.73. The van der Waals surface area contributed by atoms with Gasteiger partial charge in [0.1, 0.15) is 17.5 Å². The second-order valence-electron chi connectivity index (χ2n) is 4.29. The van der Waals surface area contributed by atoms with Gasteiger partial charge >= 0.3 is 0 Å². The highest BCUT2D eigenvalue weighted by atomic mass is 32.1. The van der Waals surface area contributed by atoms with Crippen LogP contribution >= 0.6 is 11.3 Å². The first-order valence-electron chi connectivity index (χ1n) is 6.35. The van der Waals surface area contributed by atoms with Gasteiger partial charge in [-0.15, -0.1) is 11.3 Å². The maximum Gasteiger partial charge on any atom is 0.148 e. The van der Waals surface area contributed by atoms with Crippen LogP contribution in [0.25, 0.3) is 0 Å². The van der Waals surface area contributed by atoms with Crippen molar-refractivity contribution in [3.63, 3.8) is 0 Å². The summed E-state index contributed by atoms with van der Waals surface area (Å²) in [6, 6.07) is 4.15. The summed E-state index contributed by atoms with van der Waals surface area (Å²) in [7, 11) is 0. The van der Waals surface area contributed by atoms with Crippen LogP contribution in [0.4, 0.5) is 11.6 Å². The molecule has 6 heteroatoms. The summed E-state index contributed by atoms with van der Waals surface area (Å²) in [5, 5.41) is 5.42. The van der Waals surface area contributed by atoms with Gasteiger partial charge in [0.05, 0.1) is 6.54 Å². The molecule has 0 aromatic carbocycles. The molecule has 0 unspecified atom stereocenters. The maximum atomic E-state index is 5.51. The van der Waals surface area contributed by atoms with E-state index in [4.69, 9.17) is 5.84 Å². The summed E-state index contributed by atoms with van der Waals surface area (Å²) in [6.45, 7) is 4.84. The van der Waals surface area contributed by atoms with Gasteiger partial charge in [-0.2, -0.15) is 0 Å². The van der Waals surface area contributed by atoms with Crippen LogP contribution < -0.4 is 16.6 Å². The van der Waals surface area contributed by atoms with E-state index in [1.54, 1.807) is 11.3 Å². The van der Waals surface area contributed by atoms with Gasteiger partial charge in [0, 0.05) is 16.9 Å². The lowest BCUT2D eigenvalue weighted by Crippen LogP contribution is -2.14. The van der Waals surface area contributed by atoms with E-state index in [0.717, 1.165) is 36.6 Å². The van der Waals surface area contributed by atoms with E-state index in [-0.39, 0.29) is 0 Å². The van der Waals surface area contributed by atoms with Crippen molar-refractivity contribution in [3.8, 4) is 0 Å². The fraction of sp³-hybridized carbons (Fsp3) is 0.385. The molecule has 0 atom stereocenters. The van der Waals surface area contributed by atoms with Gasteiger partial charge in [-0.1, -0.05) is 13.0 Å². The Hall–Kier alpha value is -1.66. The lowest BCUT2D eigenvalue weighted by molar-refractivity contribution is 0.830. The third-order valence-corrected chi connectivity index (χ3v) is 3.69. The first-order valence-corrected chi connectivity index (χ1v) is 7.23. The number of nitrogens with zero attached hydrogens (tertiary/aromatic N) is 2. The molecule has 2 aromatic heterocycles. The molecule has 102 valence electrons. The summed E-state index contributed by atoms with van der Waals surface area (Å²) in [5.74, 6) is 7.86. The largest absolute Gasteiger partial charge is 0.365 e. The van der Waals surface area contributed by atoms with E-state index in [1.807, 2.05) is 13.0 Å². The highest BCUT2D eigenvalue weighted by Crippen LogP contribution is 2.21. The maximum absolute atomic E-state index is 5.51. The van der Waals surface area contributed by atoms with Crippen LogP contribution in [0, 0.1) is 6.92 Å². The summed E-state index contributed by atoms with van der Waals surface area (Å²) < 4.78 is 0. The van der Waals surface area contributed by atoms with Crippen molar-refractivity contribution in [2.45, 2.75) is 33.2 Å². The van der Waals surface area contributed by atoms with Gasteiger partial charge in [0.2, 0.25) is 0 Å². The molecule has 0 fully saturated rings. The lowest BCUT2D eigenvalue weighted by atomic mass is 10.2. The minimum Gasteiger partial charge on any atom is -0.365 e. The minimum absolute atomic E-state index is 0.687. The zero-order valence-corrected chi connectivity index (χ0v) is 12.0. The Morgan fingerprint density at radius 3 is 2.74 bits per heavy atom. The molecule has 0 saturated heterocycles. The van der Waals surface area contributed by atoms with Crippen LogP contribution in [0.3, 0.4) is 0 Å². The van der Waals surface area contributed by atoms with Gasteiger partial charge in [0.15, 0.2) is 0 Å². The molecule has 2 heterocycles. The summed E-state index contributed by atoms with van der Waals surface area (Å²) in [6.07, 6.45) is 1.86. The van der Waals surface area contributed by atoms with Crippen LogP contribution in [0.1, 0.15) is 29.6 Å². The average molecular weight is 277 g/mol. The van der Waals surface area contributed by atoms with Crippen LogP contribution in [-0.2, 0) is 13.0 Å². The van der Waals surface area contributed by atoms with Crippen molar-refractivity contribution in [1.29, 1.82) is 0 Å². The molecule has 4 N–H and O–H groups in total. The average Bonchev–Trinajstić information content (AvgIpc) is 2.92. The molecule has 0 saturated carbocycles. The number of hydrogen-bond acceptors (Lipinski definition) is 6. The van der Waals surface area contributed by atoms with Crippen molar-refractivity contribution in [2.24, 2.45) is 5.84 Å². The van der Waals surface area contributed by atoms with Crippen molar-refractivity contribution in [1.82, 2.24) is 9.97 Å². The molecule has 0 aliphatic heterocycles. The third kappa shape index (κ3) is 3.42. The molecular weight excluding hydrogens is 258 g/mol. The first kappa shape index (κ1) is 13.8. The molecule has 0 radical (unpaired) electrons. The van der Waals surface area contributed by atoms with E-state index in [2.05, 4.69) is 39.1 Å². The van der Waals surface area contributed by atoms with Crippen LogP contribution in [-0.4, -0.2) is 9.97 Å². The molecule has 19 heavy (non-hydrogen) atoms. The molecule has 0 amide bonds. The zero-order chi connectivity index (χ0) is 13.7. The van der Waals surface area contributed by atoms with E-state index >= 15 is 0 Å². The Morgan fingerprint density at radius 1 is 1.32 bits per heavy atom. The number of nitrogens with one attached hydrogen (secondary N) is 2. The van der Waals surface area contributed by atoms with Crippen LogP contribution in [0.2, 0.25) is 0 Å². The highest BCUT2D eigenvalue weighted by Gasteiger charge is 2.09. The number of nitrogen functional groups attached to an aromatic ring is 1. The van der Waals surface area contributed by atoms with Crippen LogP contribution in [0.15, 0.2) is 17.5 Å². The fourth-order valence-electron chi connectivity index (χ4n) is 1.80. The van der Waals surface area contributed by atoms with E-state index < -0.39 is 0 Å². The van der Waals surface area contributed by atoms with Crippen molar-refractivity contribution < 1.29 is 0 Å². The van der Waals surface area contributed by atoms with Gasteiger partial charge in [-0.25, -0.2) is 15.8 Å². The predicted octanol–water partition coefficient (Wildman–Crippen LogP) is 2.70. The quantitative estimate of drug-likeness (QED) is 0.559. The molecular formula is C13H19N5S. The van der Waals surface area contributed by atoms with Crippen LogP contribution in [0.5, 0.6) is 0 Å². The van der Waals surface area contributed by atoms with Crippen molar-refractivity contribution in [2.75, 3.05) is 10.7 Å². The molecule has 0 aliphatic carbocycles. The third-order valence-electron chi connectivity index (χ3n) is 2.81. The number of hydrogen-bond donors (Lipinski definition) is 3. The zero-order valence-electron chi connectivity index (χ0n) is 11.2. The van der Waals surface area contributed by atoms with Gasteiger partial charge < -0.3 is 10.7 Å². The number of hydrazine groups is 1. The number of nitrogens with two attached hydrogens (primary N) is 1. The normalized spacial score (nSPS) is 10.5. The molecule has 2 rings (SSSR count). The second kappa shape index (κ2) is 6.49. The van der Waals surface area contributed by atoms with Crippen molar-refractivity contribution >= 4 is 23.0 Å². The molecule has 5 nitrogen and oxygen atoms in total. The van der Waals surface area contributed by atoms with Gasteiger partial charge in [-0.3, -0.25) is 0 Å². The van der Waals surface area contributed by atoms with Gasteiger partial charge in [-0.05, 0) is 24.8 Å². The standard InChI is InChI=1S/C13H19N5S/c1-3-5-11-16-12(9(2)13(17-11)18-14)15-8-10-6-4-7-19-10/h4,6-7H,3,5,8,14H2,1-2H3,(H2,15,16,17,18). The Morgan fingerprint density at radius 2 is 2.11 bits per heavy atom. The highest BCUT2D eigenvalue weighted by molar-refractivity contribution is 7.09. The smallest absolute Gasteiger partial charge is 0.148 e. The molecule has 0 spiro atoms. The fourth-order valence-corrected chi connectivity index (χ4v) is 2.44. The molecule has 2 aromatic rings. The minimum atomic E-state index is 0.687. The topological polar surface area (TPSA) is 75.9 Å². The van der Waals surface area contributed by atoms with E-state index in [1.165, 1.54) is 4.88 Å². The Kier molecular flexibility index (Phi) is 4.70. The first-order chi connectivity index (χ1) is 9.24. The Labute approximate surface area is 117 Å². The SMILES string of the molecule is CCCc1nc(NN)c(C)c(NCc2cccs2)n1. The number of rotatable bonds is 6. The Balaban J connectivity index is 2.19. The van der Waals surface area contributed by atoms with E-state index in [0.29, 0.717) is 5.82 Å². The monoisotopic (exact) mass is 277 g/mol. The predicted molar refractivity (Wildman–Crippen MR) is 80.2 cm³/mol. The number of aryl methyl sites for hydroxylation is 1. The lowest BCUT2D eigenvalue weighted by Gasteiger charge is -2.13.